The Bertz CT molecular complexity index is 577. The van der Waals surface area contributed by atoms with E-state index >= 15 is 0 Å². The molecule has 0 aliphatic heterocycles. The van der Waals surface area contributed by atoms with E-state index in [1.807, 2.05) is 54.6 Å². The van der Waals surface area contributed by atoms with Gasteiger partial charge in [-0.2, -0.15) is 0 Å². The number of hydrogen-bond acceptors (Lipinski definition) is 2. The summed E-state index contributed by atoms with van der Waals surface area (Å²) in [6, 6.07) is 17.2. The normalized spacial score (nSPS) is 11.3. The number of benzene rings is 2. The lowest BCUT2D eigenvalue weighted by Gasteiger charge is -2.07. The van der Waals surface area contributed by atoms with E-state index in [-0.39, 0.29) is 0 Å². The lowest BCUT2D eigenvalue weighted by Crippen LogP contribution is -1.96. The monoisotopic (exact) mass is 252 g/mol. The molecule has 0 heterocycles. The molecule has 0 amide bonds. The molecule has 0 saturated carbocycles. The van der Waals surface area contributed by atoms with E-state index in [2.05, 4.69) is 11.8 Å². The summed E-state index contributed by atoms with van der Waals surface area (Å²) in [5.41, 5.74) is 1.82. The molecule has 2 aromatic rings. The Labute approximate surface area is 113 Å². The Hall–Kier alpha value is -2.24. The highest BCUT2D eigenvalue weighted by atomic mass is 16.5. The fraction of sp³-hybridized carbons (Fsp3) is 0.176. The van der Waals surface area contributed by atoms with Gasteiger partial charge in [0.15, 0.2) is 0 Å². The standard InChI is InChI=1S/C17H16O2/c1-14(18)16-10-5-11-17(13-16)19-12-6-9-15-7-3-2-4-8-15/h2-5,7-8,10-11,13-14,18H,12H2,1H3/t14-/m0/s1. The van der Waals surface area contributed by atoms with Crippen LogP contribution in [0.2, 0.25) is 0 Å². The van der Waals surface area contributed by atoms with Crippen LogP contribution in [0.4, 0.5) is 0 Å². The molecule has 1 atom stereocenters. The van der Waals surface area contributed by atoms with Crippen molar-refractivity contribution in [2.24, 2.45) is 0 Å². The molecule has 2 aromatic carbocycles. The molecule has 0 spiro atoms. The Morgan fingerprint density at radius 2 is 1.89 bits per heavy atom. The predicted octanol–water partition coefficient (Wildman–Crippen LogP) is 3.17. The van der Waals surface area contributed by atoms with E-state index in [1.165, 1.54) is 0 Å². The lowest BCUT2D eigenvalue weighted by molar-refractivity contribution is 0.198. The average molecular weight is 252 g/mol. The summed E-state index contributed by atoms with van der Waals surface area (Å²) in [4.78, 5) is 0. The van der Waals surface area contributed by atoms with Gasteiger partial charge in [0.05, 0.1) is 6.10 Å². The van der Waals surface area contributed by atoms with Crippen LogP contribution < -0.4 is 4.74 Å². The van der Waals surface area contributed by atoms with Gasteiger partial charge in [-0.1, -0.05) is 42.2 Å². The van der Waals surface area contributed by atoms with Gasteiger partial charge in [0.1, 0.15) is 12.4 Å². The van der Waals surface area contributed by atoms with Gasteiger partial charge in [0.2, 0.25) is 0 Å². The molecule has 0 radical (unpaired) electrons. The third kappa shape index (κ3) is 4.17. The van der Waals surface area contributed by atoms with Crippen molar-refractivity contribution in [3.05, 3.63) is 65.7 Å². The molecule has 0 saturated heterocycles. The van der Waals surface area contributed by atoms with Crippen LogP contribution in [0, 0.1) is 11.8 Å². The van der Waals surface area contributed by atoms with E-state index in [0.29, 0.717) is 6.61 Å². The van der Waals surface area contributed by atoms with Crippen molar-refractivity contribution in [1.29, 1.82) is 0 Å². The molecule has 96 valence electrons. The highest BCUT2D eigenvalue weighted by molar-refractivity contribution is 5.34. The molecule has 0 fully saturated rings. The van der Waals surface area contributed by atoms with Crippen LogP contribution in [0.1, 0.15) is 24.2 Å². The van der Waals surface area contributed by atoms with Gasteiger partial charge < -0.3 is 9.84 Å². The second-order valence-electron chi connectivity index (χ2n) is 4.20. The molecular weight excluding hydrogens is 236 g/mol. The molecule has 2 rings (SSSR count). The molecule has 0 aliphatic rings. The molecule has 2 heteroatoms. The Kier molecular flexibility index (Phi) is 4.60. The highest BCUT2D eigenvalue weighted by Crippen LogP contribution is 2.18. The van der Waals surface area contributed by atoms with Gasteiger partial charge in [-0.05, 0) is 36.8 Å². The summed E-state index contributed by atoms with van der Waals surface area (Å²) in [5.74, 6) is 6.71. The summed E-state index contributed by atoms with van der Waals surface area (Å²) in [7, 11) is 0. The largest absolute Gasteiger partial charge is 0.481 e. The third-order valence-electron chi connectivity index (χ3n) is 2.66. The summed E-state index contributed by atoms with van der Waals surface area (Å²) >= 11 is 0. The van der Waals surface area contributed by atoms with Crippen molar-refractivity contribution >= 4 is 0 Å². The number of ether oxygens (including phenoxy) is 1. The van der Waals surface area contributed by atoms with Crippen molar-refractivity contribution in [3.8, 4) is 17.6 Å². The smallest absolute Gasteiger partial charge is 0.149 e. The third-order valence-corrected chi connectivity index (χ3v) is 2.66. The van der Waals surface area contributed by atoms with E-state index < -0.39 is 6.10 Å². The average Bonchev–Trinajstić information content (AvgIpc) is 2.45. The molecule has 0 bridgehead atoms. The first-order valence-electron chi connectivity index (χ1n) is 6.20. The maximum Gasteiger partial charge on any atom is 0.149 e. The predicted molar refractivity (Wildman–Crippen MR) is 75.9 cm³/mol. The van der Waals surface area contributed by atoms with Crippen LogP contribution in [-0.2, 0) is 0 Å². The Balaban J connectivity index is 1.93. The topological polar surface area (TPSA) is 29.5 Å². The second kappa shape index (κ2) is 6.63. The molecular formula is C17H16O2. The van der Waals surface area contributed by atoms with Gasteiger partial charge in [0, 0.05) is 5.56 Å². The second-order valence-corrected chi connectivity index (χ2v) is 4.20. The first-order valence-corrected chi connectivity index (χ1v) is 6.20. The minimum absolute atomic E-state index is 0.332. The van der Waals surface area contributed by atoms with Crippen LogP contribution in [0.15, 0.2) is 54.6 Å². The molecule has 2 nitrogen and oxygen atoms in total. The summed E-state index contributed by atoms with van der Waals surface area (Å²) < 4.78 is 5.53. The number of aliphatic hydroxyl groups is 1. The number of rotatable bonds is 3. The maximum absolute atomic E-state index is 9.48. The van der Waals surface area contributed by atoms with Crippen LogP contribution in [0.5, 0.6) is 5.75 Å². The SMILES string of the molecule is C[C@H](O)c1cccc(OCC#Cc2ccccc2)c1. The van der Waals surface area contributed by atoms with Crippen LogP contribution in [-0.4, -0.2) is 11.7 Å². The van der Waals surface area contributed by atoms with Gasteiger partial charge >= 0.3 is 0 Å². The first kappa shape index (κ1) is 13.2. The molecule has 0 unspecified atom stereocenters. The van der Waals surface area contributed by atoms with Crippen LogP contribution in [0.25, 0.3) is 0 Å². The van der Waals surface area contributed by atoms with E-state index in [1.54, 1.807) is 6.92 Å². The minimum Gasteiger partial charge on any atom is -0.481 e. The summed E-state index contributed by atoms with van der Waals surface area (Å²) in [6.07, 6.45) is -0.487. The van der Waals surface area contributed by atoms with Crippen LogP contribution >= 0.6 is 0 Å². The zero-order valence-electron chi connectivity index (χ0n) is 10.8. The molecule has 0 aromatic heterocycles. The van der Waals surface area contributed by atoms with Crippen molar-refractivity contribution in [3.63, 3.8) is 0 Å². The van der Waals surface area contributed by atoms with Crippen molar-refractivity contribution < 1.29 is 9.84 Å². The first-order chi connectivity index (χ1) is 9.25. The van der Waals surface area contributed by atoms with Crippen LogP contribution in [0.3, 0.4) is 0 Å². The Morgan fingerprint density at radius 3 is 2.63 bits per heavy atom. The van der Waals surface area contributed by atoms with Crippen molar-refractivity contribution in [2.45, 2.75) is 13.0 Å². The minimum atomic E-state index is -0.487. The summed E-state index contributed by atoms with van der Waals surface area (Å²) in [5, 5.41) is 9.48. The van der Waals surface area contributed by atoms with E-state index in [4.69, 9.17) is 4.74 Å². The van der Waals surface area contributed by atoms with Gasteiger partial charge in [-0.15, -0.1) is 0 Å². The molecule has 0 aliphatic carbocycles. The maximum atomic E-state index is 9.48. The van der Waals surface area contributed by atoms with Gasteiger partial charge in [-0.3, -0.25) is 0 Å². The van der Waals surface area contributed by atoms with Crippen molar-refractivity contribution in [2.75, 3.05) is 6.61 Å². The zero-order chi connectivity index (χ0) is 13.5. The summed E-state index contributed by atoms with van der Waals surface area (Å²) in [6.45, 7) is 2.06. The van der Waals surface area contributed by atoms with Crippen molar-refractivity contribution in [1.82, 2.24) is 0 Å². The number of aliphatic hydroxyl groups excluding tert-OH is 1. The Morgan fingerprint density at radius 1 is 1.11 bits per heavy atom. The fourth-order valence-corrected chi connectivity index (χ4v) is 1.64. The molecule has 1 N–H and O–H groups in total. The van der Waals surface area contributed by atoms with E-state index in [9.17, 15) is 5.11 Å². The van der Waals surface area contributed by atoms with Gasteiger partial charge in [-0.25, -0.2) is 0 Å². The van der Waals surface area contributed by atoms with E-state index in [0.717, 1.165) is 16.9 Å². The fourth-order valence-electron chi connectivity index (χ4n) is 1.64. The zero-order valence-corrected chi connectivity index (χ0v) is 10.8. The van der Waals surface area contributed by atoms with Gasteiger partial charge in [0.25, 0.3) is 0 Å². The number of hydrogen-bond donors (Lipinski definition) is 1. The highest BCUT2D eigenvalue weighted by Gasteiger charge is 2.01. The lowest BCUT2D eigenvalue weighted by atomic mass is 10.1. The molecule has 19 heavy (non-hydrogen) atoms. The quantitative estimate of drug-likeness (QED) is 0.850.